The topological polar surface area (TPSA) is 53.7 Å². The van der Waals surface area contributed by atoms with Crippen molar-refractivity contribution in [2.45, 2.75) is 33.3 Å². The van der Waals surface area contributed by atoms with Crippen LogP contribution in [0.15, 0.2) is 12.1 Å². The van der Waals surface area contributed by atoms with Gasteiger partial charge in [-0.15, -0.1) is 0 Å². The van der Waals surface area contributed by atoms with Gasteiger partial charge in [0.2, 0.25) is 0 Å². The first kappa shape index (κ1) is 15.6. The summed E-state index contributed by atoms with van der Waals surface area (Å²) in [5, 5.41) is 0. The van der Waals surface area contributed by atoms with Gasteiger partial charge in [0.25, 0.3) is 0 Å². The summed E-state index contributed by atoms with van der Waals surface area (Å²) in [5.74, 6) is 0.0587. The van der Waals surface area contributed by atoms with Crippen LogP contribution in [-0.4, -0.2) is 25.4 Å². The van der Waals surface area contributed by atoms with Gasteiger partial charge in [0.05, 0.1) is 24.5 Å². The maximum Gasteiger partial charge on any atom is 0.167 e. The Morgan fingerprint density at radius 1 is 1.11 bits per heavy atom. The SMILES string of the molecule is CCOc1cc(OCCOC(C)(C)C)c(N)cc1F. The number of hydrogen-bond acceptors (Lipinski definition) is 4. The van der Waals surface area contributed by atoms with E-state index in [4.69, 9.17) is 19.9 Å². The van der Waals surface area contributed by atoms with Crippen LogP contribution in [0.25, 0.3) is 0 Å². The maximum atomic E-state index is 13.5. The largest absolute Gasteiger partial charge is 0.491 e. The minimum Gasteiger partial charge on any atom is -0.491 e. The van der Waals surface area contributed by atoms with Crippen LogP contribution in [0.3, 0.4) is 0 Å². The molecule has 0 bridgehead atoms. The van der Waals surface area contributed by atoms with Crippen LogP contribution in [0.1, 0.15) is 27.7 Å². The lowest BCUT2D eigenvalue weighted by molar-refractivity contribution is -0.0162. The molecule has 0 amide bonds. The van der Waals surface area contributed by atoms with E-state index in [9.17, 15) is 4.39 Å². The molecule has 1 rings (SSSR count). The van der Waals surface area contributed by atoms with Gasteiger partial charge in [-0.1, -0.05) is 0 Å². The molecule has 0 spiro atoms. The summed E-state index contributed by atoms with van der Waals surface area (Å²) >= 11 is 0. The lowest BCUT2D eigenvalue weighted by Crippen LogP contribution is -2.22. The quantitative estimate of drug-likeness (QED) is 0.638. The van der Waals surface area contributed by atoms with E-state index >= 15 is 0 Å². The van der Waals surface area contributed by atoms with Gasteiger partial charge in [-0.25, -0.2) is 4.39 Å². The fourth-order valence-electron chi connectivity index (χ4n) is 1.44. The van der Waals surface area contributed by atoms with Crippen molar-refractivity contribution in [3.8, 4) is 11.5 Å². The average Bonchev–Trinajstić information content (AvgIpc) is 2.28. The molecule has 1 aromatic rings. The second-order valence-electron chi connectivity index (χ2n) is 5.06. The summed E-state index contributed by atoms with van der Waals surface area (Å²) in [6.07, 6.45) is 0. The summed E-state index contributed by atoms with van der Waals surface area (Å²) in [5.41, 5.74) is 5.73. The zero-order valence-corrected chi connectivity index (χ0v) is 12.0. The molecule has 0 saturated carbocycles. The van der Waals surface area contributed by atoms with Crippen molar-refractivity contribution in [1.29, 1.82) is 0 Å². The summed E-state index contributed by atoms with van der Waals surface area (Å²) in [6, 6.07) is 2.66. The molecular formula is C14H22FNO3. The molecule has 0 unspecified atom stereocenters. The number of nitrogens with two attached hydrogens (primary N) is 1. The van der Waals surface area contributed by atoms with Crippen molar-refractivity contribution < 1.29 is 18.6 Å². The third kappa shape index (κ3) is 5.34. The molecule has 108 valence electrons. The molecule has 19 heavy (non-hydrogen) atoms. The van der Waals surface area contributed by atoms with Crippen molar-refractivity contribution in [2.75, 3.05) is 25.6 Å². The first-order valence-corrected chi connectivity index (χ1v) is 6.32. The fraction of sp³-hybridized carbons (Fsp3) is 0.571. The molecule has 0 saturated heterocycles. The van der Waals surface area contributed by atoms with Crippen molar-refractivity contribution in [1.82, 2.24) is 0 Å². The Kier molecular flexibility index (Phi) is 5.42. The van der Waals surface area contributed by atoms with E-state index in [0.29, 0.717) is 25.6 Å². The zero-order valence-electron chi connectivity index (χ0n) is 12.0. The van der Waals surface area contributed by atoms with E-state index in [-0.39, 0.29) is 17.0 Å². The number of halogens is 1. The minimum absolute atomic E-state index is 0.142. The number of nitrogen functional groups attached to an aromatic ring is 1. The average molecular weight is 271 g/mol. The smallest absolute Gasteiger partial charge is 0.167 e. The minimum atomic E-state index is -0.488. The number of hydrogen-bond donors (Lipinski definition) is 1. The molecule has 0 fully saturated rings. The lowest BCUT2D eigenvalue weighted by Gasteiger charge is -2.20. The molecule has 0 atom stereocenters. The van der Waals surface area contributed by atoms with Gasteiger partial charge in [-0.05, 0) is 27.7 Å². The molecule has 0 aliphatic rings. The van der Waals surface area contributed by atoms with E-state index < -0.39 is 5.82 Å². The van der Waals surface area contributed by atoms with E-state index in [1.165, 1.54) is 12.1 Å². The highest BCUT2D eigenvalue weighted by molar-refractivity contribution is 5.56. The first-order valence-electron chi connectivity index (χ1n) is 6.32. The molecule has 2 N–H and O–H groups in total. The van der Waals surface area contributed by atoms with Crippen molar-refractivity contribution in [3.05, 3.63) is 17.9 Å². The van der Waals surface area contributed by atoms with Crippen LogP contribution >= 0.6 is 0 Å². The van der Waals surface area contributed by atoms with Crippen molar-refractivity contribution >= 4 is 5.69 Å². The molecule has 0 aliphatic carbocycles. The van der Waals surface area contributed by atoms with Gasteiger partial charge in [-0.3, -0.25) is 0 Å². The first-order chi connectivity index (χ1) is 8.83. The number of rotatable bonds is 6. The Bertz CT molecular complexity index is 416. The molecule has 0 radical (unpaired) electrons. The van der Waals surface area contributed by atoms with E-state index in [1.807, 2.05) is 20.8 Å². The second kappa shape index (κ2) is 6.61. The number of ether oxygens (including phenoxy) is 3. The van der Waals surface area contributed by atoms with Crippen LogP contribution in [0.4, 0.5) is 10.1 Å². The van der Waals surface area contributed by atoms with Gasteiger partial charge in [0, 0.05) is 12.1 Å². The van der Waals surface area contributed by atoms with E-state index in [2.05, 4.69) is 0 Å². The maximum absolute atomic E-state index is 13.5. The second-order valence-corrected chi connectivity index (χ2v) is 5.06. The zero-order chi connectivity index (χ0) is 14.5. The van der Waals surface area contributed by atoms with Crippen molar-refractivity contribution in [3.63, 3.8) is 0 Å². The summed E-state index contributed by atoms with van der Waals surface area (Å²) in [7, 11) is 0. The van der Waals surface area contributed by atoms with Gasteiger partial charge in [0.1, 0.15) is 12.4 Å². The van der Waals surface area contributed by atoms with Gasteiger partial charge in [0.15, 0.2) is 11.6 Å². The van der Waals surface area contributed by atoms with Crippen LogP contribution in [0.2, 0.25) is 0 Å². The third-order valence-electron chi connectivity index (χ3n) is 2.24. The molecule has 5 heteroatoms. The Morgan fingerprint density at radius 2 is 1.79 bits per heavy atom. The predicted molar refractivity (Wildman–Crippen MR) is 73.2 cm³/mol. The summed E-state index contributed by atoms with van der Waals surface area (Å²) in [6.45, 7) is 8.84. The summed E-state index contributed by atoms with van der Waals surface area (Å²) in [4.78, 5) is 0. The number of anilines is 1. The predicted octanol–water partition coefficient (Wildman–Crippen LogP) is 3.00. The van der Waals surface area contributed by atoms with Crippen LogP contribution in [0.5, 0.6) is 11.5 Å². The highest BCUT2D eigenvalue weighted by Crippen LogP contribution is 2.30. The number of benzene rings is 1. The molecule has 1 aromatic carbocycles. The Balaban J connectivity index is 2.60. The van der Waals surface area contributed by atoms with Crippen molar-refractivity contribution in [2.24, 2.45) is 0 Å². The lowest BCUT2D eigenvalue weighted by atomic mass is 10.2. The van der Waals surface area contributed by atoms with Crippen LogP contribution in [0, 0.1) is 5.82 Å². The highest BCUT2D eigenvalue weighted by Gasteiger charge is 2.12. The van der Waals surface area contributed by atoms with Gasteiger partial charge in [-0.2, -0.15) is 0 Å². The normalized spacial score (nSPS) is 11.4. The third-order valence-corrected chi connectivity index (χ3v) is 2.24. The Hall–Kier alpha value is -1.49. The monoisotopic (exact) mass is 271 g/mol. The molecule has 0 heterocycles. The van der Waals surface area contributed by atoms with E-state index in [0.717, 1.165) is 0 Å². The Labute approximate surface area is 113 Å². The van der Waals surface area contributed by atoms with Gasteiger partial charge < -0.3 is 19.9 Å². The van der Waals surface area contributed by atoms with Crippen LogP contribution in [-0.2, 0) is 4.74 Å². The Morgan fingerprint density at radius 3 is 2.37 bits per heavy atom. The molecular weight excluding hydrogens is 249 g/mol. The van der Waals surface area contributed by atoms with Crippen LogP contribution < -0.4 is 15.2 Å². The standard InChI is InChI=1S/C14H22FNO3/c1-5-17-12-9-13(11(16)8-10(12)15)18-6-7-19-14(2,3)4/h8-9H,5-7,16H2,1-4H3. The summed E-state index contributed by atoms with van der Waals surface area (Å²) < 4.78 is 29.6. The van der Waals surface area contributed by atoms with E-state index in [1.54, 1.807) is 6.92 Å². The molecule has 0 aliphatic heterocycles. The molecule has 4 nitrogen and oxygen atoms in total. The van der Waals surface area contributed by atoms with Gasteiger partial charge >= 0.3 is 0 Å². The molecule has 0 aromatic heterocycles. The fourth-order valence-corrected chi connectivity index (χ4v) is 1.44. The highest BCUT2D eigenvalue weighted by atomic mass is 19.1.